The van der Waals surface area contributed by atoms with Crippen LogP contribution < -0.4 is 10.1 Å². The molecule has 0 aliphatic heterocycles. The minimum Gasteiger partial charge on any atom is -0.508 e. The molecule has 0 amide bonds. The second-order valence-electron chi connectivity index (χ2n) is 4.84. The number of aromatic hydroxyl groups is 1. The largest absolute Gasteiger partial charge is 0.508 e. The smallest absolute Gasteiger partial charge is 0.120 e. The molecule has 1 aromatic carbocycles. The van der Waals surface area contributed by atoms with Gasteiger partial charge in [0.05, 0.1) is 12.7 Å². The van der Waals surface area contributed by atoms with Crippen molar-refractivity contribution in [3.63, 3.8) is 0 Å². The highest BCUT2D eigenvalue weighted by Gasteiger charge is 2.19. The van der Waals surface area contributed by atoms with Gasteiger partial charge in [-0.1, -0.05) is 0 Å². The van der Waals surface area contributed by atoms with Gasteiger partial charge >= 0.3 is 0 Å². The Kier molecular flexibility index (Phi) is 6.08. The van der Waals surface area contributed by atoms with Gasteiger partial charge in [0, 0.05) is 38.8 Å². The van der Waals surface area contributed by atoms with Gasteiger partial charge in [0.15, 0.2) is 0 Å². The number of hydrogen-bond acceptors (Lipinski definition) is 5. The normalized spacial score (nSPS) is 14.1. The first-order chi connectivity index (χ1) is 8.98. The summed E-state index contributed by atoms with van der Waals surface area (Å²) in [6.45, 7) is 3.16. The van der Waals surface area contributed by atoms with Gasteiger partial charge in [-0.25, -0.2) is 0 Å². The van der Waals surface area contributed by atoms with Gasteiger partial charge in [-0.2, -0.15) is 0 Å². The number of hydrogen-bond donors (Lipinski definition) is 3. The van der Waals surface area contributed by atoms with E-state index in [9.17, 15) is 10.2 Å². The molecule has 1 aromatic rings. The Morgan fingerprint density at radius 1 is 1.32 bits per heavy atom. The van der Waals surface area contributed by atoms with E-state index in [1.165, 1.54) is 0 Å². The van der Waals surface area contributed by atoms with Crippen LogP contribution in [-0.2, 0) is 11.3 Å². The predicted octanol–water partition coefficient (Wildman–Crippen LogP) is 1.28. The fraction of sp³-hybridized carbons (Fsp3) is 0.571. The van der Waals surface area contributed by atoms with Crippen LogP contribution in [0.2, 0.25) is 0 Å². The number of methoxy groups -OCH3 is 2. The molecule has 1 rings (SSSR count). The molecule has 0 radical (unpaired) electrons. The number of rotatable bonds is 8. The molecule has 0 aliphatic rings. The summed E-state index contributed by atoms with van der Waals surface area (Å²) in [5.41, 5.74) is -0.0910. The lowest BCUT2D eigenvalue weighted by molar-refractivity contribution is 0.0247. The van der Waals surface area contributed by atoms with Gasteiger partial charge in [0.1, 0.15) is 11.5 Å². The minimum absolute atomic E-state index is 0.213. The van der Waals surface area contributed by atoms with Gasteiger partial charge in [0.25, 0.3) is 0 Å². The highest BCUT2D eigenvalue weighted by atomic mass is 16.5. The van der Waals surface area contributed by atoms with Crippen molar-refractivity contribution in [3.8, 4) is 11.5 Å². The van der Waals surface area contributed by atoms with Crippen LogP contribution in [0.15, 0.2) is 18.2 Å². The number of aliphatic hydroxyl groups is 1. The van der Waals surface area contributed by atoms with E-state index in [2.05, 4.69) is 5.32 Å². The first-order valence-electron chi connectivity index (χ1n) is 6.26. The SMILES string of the molecule is COCCC(C)(O)CNCc1cc(OC)ccc1O. The Morgan fingerprint density at radius 3 is 2.68 bits per heavy atom. The molecule has 0 saturated carbocycles. The summed E-state index contributed by atoms with van der Waals surface area (Å²) >= 11 is 0. The van der Waals surface area contributed by atoms with Crippen LogP contribution >= 0.6 is 0 Å². The van der Waals surface area contributed by atoms with E-state index >= 15 is 0 Å². The van der Waals surface area contributed by atoms with E-state index in [-0.39, 0.29) is 5.75 Å². The third kappa shape index (κ3) is 5.46. The van der Waals surface area contributed by atoms with Crippen LogP contribution in [0, 0.1) is 0 Å². The molecular formula is C14H23NO4. The molecule has 0 fully saturated rings. The topological polar surface area (TPSA) is 71.0 Å². The van der Waals surface area contributed by atoms with Crippen LogP contribution in [0.25, 0.3) is 0 Å². The zero-order valence-electron chi connectivity index (χ0n) is 11.8. The lowest BCUT2D eigenvalue weighted by Gasteiger charge is -2.23. The summed E-state index contributed by atoms with van der Waals surface area (Å²) in [4.78, 5) is 0. The maximum absolute atomic E-state index is 10.1. The number of phenolic OH excluding ortho intramolecular Hbond substituents is 1. The maximum Gasteiger partial charge on any atom is 0.120 e. The maximum atomic E-state index is 10.1. The van der Waals surface area contributed by atoms with Gasteiger partial charge in [-0.3, -0.25) is 0 Å². The van der Waals surface area contributed by atoms with Crippen LogP contribution in [0.1, 0.15) is 18.9 Å². The zero-order valence-corrected chi connectivity index (χ0v) is 11.8. The van der Waals surface area contributed by atoms with Crippen molar-refractivity contribution >= 4 is 0 Å². The Hall–Kier alpha value is -1.30. The molecule has 1 atom stereocenters. The van der Waals surface area contributed by atoms with E-state index < -0.39 is 5.60 Å². The number of benzene rings is 1. The molecule has 1 unspecified atom stereocenters. The highest BCUT2D eigenvalue weighted by Crippen LogP contribution is 2.22. The summed E-state index contributed by atoms with van der Waals surface area (Å²) in [6.07, 6.45) is 0.556. The fourth-order valence-electron chi connectivity index (χ4n) is 1.71. The summed E-state index contributed by atoms with van der Waals surface area (Å²) in [5, 5.41) is 22.9. The van der Waals surface area contributed by atoms with Gasteiger partial charge < -0.3 is 25.0 Å². The Bertz CT molecular complexity index is 393. The van der Waals surface area contributed by atoms with Crippen molar-refractivity contribution < 1.29 is 19.7 Å². The van der Waals surface area contributed by atoms with Crippen molar-refractivity contribution in [1.82, 2.24) is 5.32 Å². The number of ether oxygens (including phenoxy) is 2. The monoisotopic (exact) mass is 269 g/mol. The quantitative estimate of drug-likeness (QED) is 0.663. The van der Waals surface area contributed by atoms with E-state index in [1.807, 2.05) is 0 Å². The summed E-state index contributed by atoms with van der Waals surface area (Å²) < 4.78 is 10.1. The molecule has 0 saturated heterocycles. The van der Waals surface area contributed by atoms with Crippen LogP contribution in [0.4, 0.5) is 0 Å². The second-order valence-corrected chi connectivity index (χ2v) is 4.84. The molecule has 0 aliphatic carbocycles. The Morgan fingerprint density at radius 2 is 2.05 bits per heavy atom. The summed E-state index contributed by atoms with van der Waals surface area (Å²) in [6, 6.07) is 5.07. The van der Waals surface area contributed by atoms with Crippen molar-refractivity contribution in [3.05, 3.63) is 23.8 Å². The van der Waals surface area contributed by atoms with E-state index in [4.69, 9.17) is 9.47 Å². The van der Waals surface area contributed by atoms with Crippen LogP contribution in [-0.4, -0.2) is 43.2 Å². The first-order valence-corrected chi connectivity index (χ1v) is 6.26. The van der Waals surface area contributed by atoms with E-state index in [0.717, 1.165) is 5.56 Å². The van der Waals surface area contributed by atoms with Crippen molar-refractivity contribution in [1.29, 1.82) is 0 Å². The van der Waals surface area contributed by atoms with Crippen molar-refractivity contribution in [2.75, 3.05) is 27.4 Å². The van der Waals surface area contributed by atoms with Gasteiger partial charge in [-0.05, 0) is 25.1 Å². The van der Waals surface area contributed by atoms with Crippen LogP contribution in [0.5, 0.6) is 11.5 Å². The first kappa shape index (κ1) is 15.8. The molecule has 0 bridgehead atoms. The van der Waals surface area contributed by atoms with Gasteiger partial charge in [0.2, 0.25) is 0 Å². The molecule has 0 spiro atoms. The standard InChI is InChI=1S/C14H23NO4/c1-14(17,6-7-18-2)10-15-9-11-8-12(19-3)4-5-13(11)16/h4-5,8,15-17H,6-7,9-10H2,1-3H3. The molecule has 108 valence electrons. The number of nitrogens with one attached hydrogen (secondary N) is 1. The van der Waals surface area contributed by atoms with E-state index in [1.54, 1.807) is 39.3 Å². The van der Waals surface area contributed by atoms with E-state index in [0.29, 0.717) is 31.9 Å². The average Bonchev–Trinajstić information content (AvgIpc) is 2.38. The van der Waals surface area contributed by atoms with Crippen LogP contribution in [0.3, 0.4) is 0 Å². The highest BCUT2D eigenvalue weighted by molar-refractivity contribution is 5.39. The summed E-state index contributed by atoms with van der Waals surface area (Å²) in [7, 11) is 3.19. The predicted molar refractivity (Wildman–Crippen MR) is 73.5 cm³/mol. The molecule has 3 N–H and O–H groups in total. The van der Waals surface area contributed by atoms with Gasteiger partial charge in [-0.15, -0.1) is 0 Å². The summed E-state index contributed by atoms with van der Waals surface area (Å²) in [5.74, 6) is 0.908. The second kappa shape index (κ2) is 7.33. The molecule has 0 heterocycles. The third-order valence-electron chi connectivity index (χ3n) is 2.95. The lowest BCUT2D eigenvalue weighted by Crippen LogP contribution is -2.38. The minimum atomic E-state index is -0.829. The number of phenols is 1. The molecular weight excluding hydrogens is 246 g/mol. The average molecular weight is 269 g/mol. The molecule has 0 aromatic heterocycles. The molecule has 19 heavy (non-hydrogen) atoms. The Labute approximate surface area is 114 Å². The lowest BCUT2D eigenvalue weighted by atomic mass is 10.0. The zero-order chi connectivity index (χ0) is 14.3. The third-order valence-corrected chi connectivity index (χ3v) is 2.95. The Balaban J connectivity index is 2.48. The van der Waals surface area contributed by atoms with Crippen molar-refractivity contribution in [2.24, 2.45) is 0 Å². The fourth-order valence-corrected chi connectivity index (χ4v) is 1.71. The molecule has 5 nitrogen and oxygen atoms in total. The van der Waals surface area contributed by atoms with Crippen molar-refractivity contribution in [2.45, 2.75) is 25.5 Å². The molecule has 5 heteroatoms.